The van der Waals surface area contributed by atoms with E-state index in [0.717, 1.165) is 0 Å². The maximum Gasteiger partial charge on any atom is 0.449 e. The largest absolute Gasteiger partial charge is 0.456 e. The highest BCUT2D eigenvalue weighted by Crippen LogP contribution is 2.43. The second-order valence-corrected chi connectivity index (χ2v) is 7.98. The third-order valence-corrected chi connectivity index (χ3v) is 5.92. The Balaban J connectivity index is 1.40. The Kier molecular flexibility index (Phi) is 5.18. The smallest absolute Gasteiger partial charge is 0.449 e. The van der Waals surface area contributed by atoms with E-state index in [2.05, 4.69) is 5.32 Å². The molecule has 1 saturated heterocycles. The van der Waals surface area contributed by atoms with Crippen LogP contribution in [0.3, 0.4) is 0 Å². The molecule has 2 aliphatic heterocycles. The van der Waals surface area contributed by atoms with E-state index >= 15 is 4.48 Å². The van der Waals surface area contributed by atoms with Crippen LogP contribution >= 0.6 is 0 Å². The van der Waals surface area contributed by atoms with E-state index in [0.29, 0.717) is 10.7 Å². The maximum atomic E-state index is 15.2. The predicted molar refractivity (Wildman–Crippen MR) is 103 cm³/mol. The molecule has 0 aliphatic carbocycles. The van der Waals surface area contributed by atoms with Gasteiger partial charge in [0, 0.05) is 37.2 Å². The lowest BCUT2D eigenvalue weighted by molar-refractivity contribution is -0.154. The number of Topliss-reactive ketones (excluding diaryl/α,β-unsaturated/α-hetero) is 1. The zero-order valence-corrected chi connectivity index (χ0v) is 16.8. The minimum absolute atomic E-state index is 0.0131. The van der Waals surface area contributed by atoms with Crippen LogP contribution in [-0.4, -0.2) is 35.3 Å². The van der Waals surface area contributed by atoms with Crippen molar-refractivity contribution in [2.24, 2.45) is 0 Å². The number of hydrogen-bond acceptors (Lipinski definition) is 4. The average Bonchev–Trinajstić information content (AvgIpc) is 3.12. The van der Waals surface area contributed by atoms with Crippen LogP contribution in [0, 0.1) is 6.92 Å². The molecule has 1 N–H and O–H groups in total. The van der Waals surface area contributed by atoms with Gasteiger partial charge in [-0.2, -0.15) is 13.2 Å². The minimum atomic E-state index is -4.65. The zero-order valence-electron chi connectivity index (χ0n) is 16.8. The molecule has 1 spiro atoms. The van der Waals surface area contributed by atoms with Gasteiger partial charge in [0.15, 0.2) is 5.78 Å². The Morgan fingerprint density at radius 1 is 1.23 bits per heavy atom. The molecule has 0 bridgehead atoms. The summed E-state index contributed by atoms with van der Waals surface area (Å²) in [5.41, 5.74) is -0.609. The molecule has 6 nitrogen and oxygen atoms in total. The van der Waals surface area contributed by atoms with E-state index in [-0.39, 0.29) is 61.7 Å². The quantitative estimate of drug-likeness (QED) is 0.548. The summed E-state index contributed by atoms with van der Waals surface area (Å²) in [7, 11) is 0. The summed E-state index contributed by atoms with van der Waals surface area (Å²) in [5, 5.41) is 3.12. The maximum absolute atomic E-state index is 15.2. The summed E-state index contributed by atoms with van der Waals surface area (Å²) in [5.74, 6) is -1.17. The number of alkyl halides is 3. The van der Waals surface area contributed by atoms with Crippen molar-refractivity contribution in [3.05, 3.63) is 53.0 Å². The van der Waals surface area contributed by atoms with Crippen LogP contribution in [0.1, 0.15) is 46.7 Å². The summed E-state index contributed by atoms with van der Waals surface area (Å²) in [6, 6.07) is 7.18. The number of amides is 2. The second-order valence-electron chi connectivity index (χ2n) is 7.98. The van der Waals surface area contributed by atoms with Crippen molar-refractivity contribution in [3.63, 3.8) is 0 Å². The molecule has 0 radical (unpaired) electrons. The predicted octanol–water partition coefficient (Wildman–Crippen LogP) is 4.63. The van der Waals surface area contributed by atoms with Crippen molar-refractivity contribution in [2.75, 3.05) is 18.2 Å². The number of furan rings is 1. The molecule has 0 unspecified atom stereocenters. The molecule has 1 aromatic heterocycles. The topological polar surface area (TPSA) is 65.8 Å². The molecule has 0 saturated carbocycles. The number of nitrogens with one attached hydrogen (secondary N) is 1. The number of benzene rings is 1. The average molecular weight is 439 g/mol. The van der Waals surface area contributed by atoms with Gasteiger partial charge in [-0.15, -0.1) is 0 Å². The number of hydrogen-bond donors (Lipinski definition) is 1. The first-order valence-corrected chi connectivity index (χ1v) is 9.88. The van der Waals surface area contributed by atoms with Gasteiger partial charge in [-0.1, -0.05) is 16.6 Å². The number of carbonyl (C=O) groups is 2. The van der Waals surface area contributed by atoms with Gasteiger partial charge in [-0.05, 0) is 38.0 Å². The summed E-state index contributed by atoms with van der Waals surface area (Å²) in [4.78, 5) is 26.4. The number of likely N-dealkylation sites (tertiary alicyclic amines) is 1. The van der Waals surface area contributed by atoms with E-state index in [4.69, 9.17) is 4.42 Å². The number of nitrogens with zero attached hydrogens (tertiary/aromatic N) is 2. The van der Waals surface area contributed by atoms with Crippen molar-refractivity contribution in [1.82, 2.24) is 10.2 Å². The summed E-state index contributed by atoms with van der Waals surface area (Å²) < 4.78 is 59.0. The number of ketones is 1. The first kappa shape index (κ1) is 21.2. The number of aryl methyl sites for hydroxylation is 1. The normalized spacial score (nSPS) is 18.3. The van der Waals surface area contributed by atoms with Gasteiger partial charge < -0.3 is 14.6 Å². The second kappa shape index (κ2) is 7.58. The molecule has 2 amide bonds. The molecule has 3 heterocycles. The lowest BCUT2D eigenvalue weighted by Crippen LogP contribution is -2.57. The van der Waals surface area contributed by atoms with E-state index in [1.54, 1.807) is 24.3 Å². The lowest BCUT2D eigenvalue weighted by atomic mass is 9.78. The summed E-state index contributed by atoms with van der Waals surface area (Å²) >= 11 is 0. The Morgan fingerprint density at radius 2 is 1.90 bits per heavy atom. The van der Waals surface area contributed by atoms with Gasteiger partial charge in [0.2, 0.25) is 5.76 Å². The molecule has 0 atom stereocenters. The van der Waals surface area contributed by atoms with E-state index in [9.17, 15) is 22.8 Å². The van der Waals surface area contributed by atoms with Crippen LogP contribution in [0.5, 0.6) is 0 Å². The van der Waals surface area contributed by atoms with Crippen LogP contribution in [0.25, 0.3) is 0 Å². The van der Waals surface area contributed by atoms with Gasteiger partial charge in [-0.3, -0.25) is 4.79 Å². The first-order chi connectivity index (χ1) is 14.6. The van der Waals surface area contributed by atoms with Crippen LogP contribution in [-0.2, 0) is 12.7 Å². The Labute approximate surface area is 175 Å². The number of fused-ring (bicyclic) bond motifs is 1. The fourth-order valence-electron chi connectivity index (χ4n) is 4.32. The summed E-state index contributed by atoms with van der Waals surface area (Å²) in [6.45, 7) is 1.42. The SMILES string of the molecule is Cc1cc(CNC(=O)N2CCC3(CC2)CC(=O)c2ccccc2N3F)c(C(F)(F)F)o1. The molecule has 1 aromatic carbocycles. The van der Waals surface area contributed by atoms with Crippen molar-refractivity contribution in [2.45, 2.75) is 44.4 Å². The van der Waals surface area contributed by atoms with Gasteiger partial charge in [-0.25, -0.2) is 9.92 Å². The Hall–Kier alpha value is -3.04. The number of urea groups is 1. The minimum Gasteiger partial charge on any atom is -0.456 e. The number of carbonyl (C=O) groups excluding carboxylic acids is 2. The molecule has 4 rings (SSSR count). The molecule has 31 heavy (non-hydrogen) atoms. The molecule has 166 valence electrons. The van der Waals surface area contributed by atoms with Crippen LogP contribution in [0.2, 0.25) is 0 Å². The van der Waals surface area contributed by atoms with Gasteiger partial charge in [0.25, 0.3) is 0 Å². The molecular weight excluding hydrogens is 418 g/mol. The van der Waals surface area contributed by atoms with Crippen LogP contribution < -0.4 is 10.4 Å². The molecule has 10 heteroatoms. The van der Waals surface area contributed by atoms with Crippen molar-refractivity contribution >= 4 is 17.5 Å². The number of halogens is 4. The highest BCUT2D eigenvalue weighted by atomic mass is 19.4. The molecule has 2 aromatic rings. The van der Waals surface area contributed by atoms with E-state index < -0.39 is 23.5 Å². The number of piperidine rings is 1. The van der Waals surface area contributed by atoms with Crippen molar-refractivity contribution in [1.29, 1.82) is 0 Å². The highest BCUT2D eigenvalue weighted by Gasteiger charge is 2.47. The standard InChI is InChI=1S/C21H21F4N3O3/c1-13-10-14(18(31-13)21(22,23)24)12-26-19(30)27-8-6-20(7-9-27)11-17(29)15-4-2-3-5-16(15)28(20)25/h2-5,10H,6-9,11-12H2,1H3,(H,26,30). The van der Waals surface area contributed by atoms with E-state index in [1.165, 1.54) is 17.9 Å². The van der Waals surface area contributed by atoms with Gasteiger partial charge in [0.1, 0.15) is 5.76 Å². The highest BCUT2D eigenvalue weighted by molar-refractivity contribution is 6.04. The number of rotatable bonds is 2. The summed E-state index contributed by atoms with van der Waals surface area (Å²) in [6.07, 6.45) is -4.18. The first-order valence-electron chi connectivity index (χ1n) is 9.88. The Bertz CT molecular complexity index is 1010. The number of anilines is 1. The molecular formula is C21H21F4N3O3. The van der Waals surface area contributed by atoms with Crippen LogP contribution in [0.4, 0.5) is 28.1 Å². The molecule has 1 fully saturated rings. The fourth-order valence-corrected chi connectivity index (χ4v) is 4.32. The zero-order chi connectivity index (χ0) is 22.4. The van der Waals surface area contributed by atoms with E-state index in [1.807, 2.05) is 0 Å². The fraction of sp³-hybridized carbons (Fsp3) is 0.429. The molecule has 2 aliphatic rings. The number of para-hydroxylation sites is 1. The van der Waals surface area contributed by atoms with Crippen molar-refractivity contribution < 1.29 is 31.7 Å². The third kappa shape index (κ3) is 3.86. The third-order valence-electron chi connectivity index (χ3n) is 5.92. The van der Waals surface area contributed by atoms with Crippen LogP contribution in [0.15, 0.2) is 34.7 Å². The van der Waals surface area contributed by atoms with Crippen molar-refractivity contribution in [3.8, 4) is 0 Å². The van der Waals surface area contributed by atoms with Gasteiger partial charge >= 0.3 is 12.2 Å². The Morgan fingerprint density at radius 3 is 2.58 bits per heavy atom. The monoisotopic (exact) mass is 439 g/mol. The lowest BCUT2D eigenvalue weighted by Gasteiger charge is -2.47. The van der Waals surface area contributed by atoms with Gasteiger partial charge in [0.05, 0.1) is 11.2 Å².